The normalized spacial score (nSPS) is 11.7. The Balaban J connectivity index is 1.27. The maximum atomic E-state index is 5.09. The van der Waals surface area contributed by atoms with E-state index in [1.807, 2.05) is 17.4 Å². The zero-order chi connectivity index (χ0) is 25.1. The number of thiazole rings is 1. The summed E-state index contributed by atoms with van der Waals surface area (Å²) in [4.78, 5) is 5.09. The van der Waals surface area contributed by atoms with E-state index in [1.165, 1.54) is 63.5 Å². The van der Waals surface area contributed by atoms with Crippen LogP contribution in [0.5, 0.6) is 0 Å². The molecule has 1 nitrogen and oxygen atoms in total. The predicted molar refractivity (Wildman–Crippen MR) is 166 cm³/mol. The molecule has 0 aliphatic heterocycles. The summed E-state index contributed by atoms with van der Waals surface area (Å²) in [5.74, 6) is 0. The average Bonchev–Trinajstić information content (AvgIpc) is 3.60. The maximum Gasteiger partial charge on any atom is 0.124 e. The van der Waals surface area contributed by atoms with E-state index in [2.05, 4.69) is 121 Å². The Hall–Kier alpha value is -4.31. The number of hydrogen-bond donors (Lipinski definition) is 0. The van der Waals surface area contributed by atoms with Gasteiger partial charge in [-0.2, -0.15) is 0 Å². The zero-order valence-corrected chi connectivity index (χ0v) is 22.0. The van der Waals surface area contributed by atoms with Crippen molar-refractivity contribution in [2.24, 2.45) is 0 Å². The Bertz CT molecular complexity index is 2130. The second-order valence-corrected chi connectivity index (χ2v) is 11.7. The van der Waals surface area contributed by atoms with E-state index in [-0.39, 0.29) is 0 Å². The van der Waals surface area contributed by atoms with Crippen LogP contribution < -0.4 is 0 Å². The van der Waals surface area contributed by atoms with Gasteiger partial charge in [-0.1, -0.05) is 103 Å². The molecule has 0 radical (unpaired) electrons. The summed E-state index contributed by atoms with van der Waals surface area (Å²) in [6.07, 6.45) is 0. The summed E-state index contributed by atoms with van der Waals surface area (Å²) in [6, 6.07) is 46.0. The molecule has 0 amide bonds. The van der Waals surface area contributed by atoms with Crippen LogP contribution in [0.15, 0.2) is 127 Å². The van der Waals surface area contributed by atoms with Crippen LogP contribution in [0.25, 0.3) is 74.0 Å². The lowest BCUT2D eigenvalue weighted by Crippen LogP contribution is -1.84. The van der Waals surface area contributed by atoms with Crippen molar-refractivity contribution in [1.82, 2.24) is 4.98 Å². The van der Waals surface area contributed by atoms with E-state index in [0.717, 1.165) is 10.5 Å². The summed E-state index contributed by atoms with van der Waals surface area (Å²) in [5, 5.41) is 6.16. The van der Waals surface area contributed by atoms with Gasteiger partial charge in [-0.05, 0) is 51.9 Å². The molecule has 8 rings (SSSR count). The zero-order valence-electron chi connectivity index (χ0n) is 20.4. The fourth-order valence-corrected chi connectivity index (χ4v) is 7.66. The molecule has 178 valence electrons. The number of rotatable bonds is 3. The minimum absolute atomic E-state index is 1.07. The third-order valence-corrected chi connectivity index (χ3v) is 9.60. The molecular formula is C35H21NS2. The molecule has 0 bridgehead atoms. The van der Waals surface area contributed by atoms with Gasteiger partial charge in [0.2, 0.25) is 0 Å². The molecular weight excluding hydrogens is 499 g/mol. The van der Waals surface area contributed by atoms with Gasteiger partial charge in [0.25, 0.3) is 0 Å². The molecule has 2 heterocycles. The summed E-state index contributed by atoms with van der Waals surface area (Å²) < 4.78 is 3.91. The number of fused-ring (bicyclic) bond motifs is 6. The molecule has 38 heavy (non-hydrogen) atoms. The first-order valence-electron chi connectivity index (χ1n) is 12.7. The fourth-order valence-electron chi connectivity index (χ4n) is 5.43. The average molecular weight is 520 g/mol. The Kier molecular flexibility index (Phi) is 4.94. The fraction of sp³-hybridized carbons (Fsp3) is 0. The van der Waals surface area contributed by atoms with Crippen LogP contribution >= 0.6 is 22.7 Å². The number of nitrogens with zero attached hydrogens (tertiary/aromatic N) is 1. The van der Waals surface area contributed by atoms with Crippen LogP contribution in [-0.2, 0) is 0 Å². The van der Waals surface area contributed by atoms with Crippen LogP contribution in [0.1, 0.15) is 0 Å². The number of hydrogen-bond acceptors (Lipinski definition) is 3. The quantitative estimate of drug-likeness (QED) is 0.226. The van der Waals surface area contributed by atoms with E-state index < -0.39 is 0 Å². The van der Waals surface area contributed by atoms with Gasteiger partial charge in [-0.25, -0.2) is 4.98 Å². The van der Waals surface area contributed by atoms with Gasteiger partial charge in [-0.15, -0.1) is 22.7 Å². The molecule has 0 N–H and O–H groups in total. The van der Waals surface area contributed by atoms with Crippen molar-refractivity contribution in [1.29, 1.82) is 0 Å². The Morgan fingerprint density at radius 2 is 1.18 bits per heavy atom. The minimum atomic E-state index is 1.07. The Morgan fingerprint density at radius 3 is 2.13 bits per heavy atom. The van der Waals surface area contributed by atoms with Crippen LogP contribution in [0.2, 0.25) is 0 Å². The van der Waals surface area contributed by atoms with Gasteiger partial charge in [0.05, 0.1) is 10.2 Å². The first-order valence-corrected chi connectivity index (χ1v) is 14.3. The molecule has 0 unspecified atom stereocenters. The third-order valence-electron chi connectivity index (χ3n) is 7.31. The van der Waals surface area contributed by atoms with E-state index in [0.29, 0.717) is 0 Å². The highest BCUT2D eigenvalue weighted by molar-refractivity contribution is 7.26. The van der Waals surface area contributed by atoms with E-state index in [1.54, 1.807) is 11.3 Å². The number of benzene rings is 6. The van der Waals surface area contributed by atoms with Gasteiger partial charge >= 0.3 is 0 Å². The Labute approximate surface area is 228 Å². The lowest BCUT2D eigenvalue weighted by atomic mass is 9.96. The van der Waals surface area contributed by atoms with Crippen molar-refractivity contribution in [3.8, 4) is 32.8 Å². The maximum absolute atomic E-state index is 5.09. The third kappa shape index (κ3) is 3.47. The van der Waals surface area contributed by atoms with Gasteiger partial charge in [0.1, 0.15) is 5.01 Å². The summed E-state index contributed by atoms with van der Waals surface area (Å²) in [7, 11) is 0. The SMILES string of the molecule is c1ccc(-c2nc3c(ccc4ccc(-c5cccc(-c6cccc7c6sc6ccccc67)c5)cc43)s2)cc1. The topological polar surface area (TPSA) is 12.9 Å². The predicted octanol–water partition coefficient (Wildman–Crippen LogP) is 10.8. The van der Waals surface area contributed by atoms with Crippen molar-refractivity contribution in [2.75, 3.05) is 0 Å². The van der Waals surface area contributed by atoms with Crippen molar-refractivity contribution < 1.29 is 0 Å². The van der Waals surface area contributed by atoms with Crippen LogP contribution in [0, 0.1) is 0 Å². The van der Waals surface area contributed by atoms with Crippen LogP contribution in [0.3, 0.4) is 0 Å². The molecule has 6 aromatic carbocycles. The summed E-state index contributed by atoms with van der Waals surface area (Å²) in [6.45, 7) is 0. The van der Waals surface area contributed by atoms with Gasteiger partial charge in [0.15, 0.2) is 0 Å². The van der Waals surface area contributed by atoms with E-state index >= 15 is 0 Å². The monoisotopic (exact) mass is 519 g/mol. The van der Waals surface area contributed by atoms with E-state index in [9.17, 15) is 0 Å². The molecule has 0 fully saturated rings. The largest absolute Gasteiger partial charge is 0.235 e. The molecule has 0 aliphatic carbocycles. The first kappa shape index (κ1) is 21.7. The molecule has 2 aromatic heterocycles. The second kappa shape index (κ2) is 8.63. The first-order chi connectivity index (χ1) is 18.8. The van der Waals surface area contributed by atoms with Crippen LogP contribution in [-0.4, -0.2) is 4.98 Å². The molecule has 0 atom stereocenters. The number of thiophene rings is 1. The summed E-state index contributed by atoms with van der Waals surface area (Å²) in [5.41, 5.74) is 7.22. The highest BCUT2D eigenvalue weighted by Gasteiger charge is 2.13. The molecule has 0 saturated carbocycles. The lowest BCUT2D eigenvalue weighted by molar-refractivity contribution is 1.49. The second-order valence-electron chi connectivity index (χ2n) is 9.59. The molecule has 0 saturated heterocycles. The smallest absolute Gasteiger partial charge is 0.124 e. The minimum Gasteiger partial charge on any atom is -0.235 e. The number of aromatic nitrogens is 1. The molecule has 0 aliphatic rings. The van der Waals surface area contributed by atoms with Gasteiger partial charge < -0.3 is 0 Å². The van der Waals surface area contributed by atoms with Crippen molar-refractivity contribution >= 4 is 63.8 Å². The van der Waals surface area contributed by atoms with Gasteiger partial charge in [0, 0.05) is 31.1 Å². The lowest BCUT2D eigenvalue weighted by Gasteiger charge is -2.09. The van der Waals surface area contributed by atoms with Gasteiger partial charge in [-0.3, -0.25) is 0 Å². The molecule has 8 aromatic rings. The molecule has 3 heteroatoms. The van der Waals surface area contributed by atoms with Crippen molar-refractivity contribution in [2.45, 2.75) is 0 Å². The highest BCUT2D eigenvalue weighted by atomic mass is 32.1. The van der Waals surface area contributed by atoms with Crippen molar-refractivity contribution in [3.63, 3.8) is 0 Å². The van der Waals surface area contributed by atoms with Crippen LogP contribution in [0.4, 0.5) is 0 Å². The molecule has 0 spiro atoms. The van der Waals surface area contributed by atoms with E-state index in [4.69, 9.17) is 4.98 Å². The summed E-state index contributed by atoms with van der Waals surface area (Å²) >= 11 is 3.64. The van der Waals surface area contributed by atoms with Crippen molar-refractivity contribution in [3.05, 3.63) is 127 Å². The standard InChI is InChI=1S/C35H21NS2/c1-2-8-23(9-3-1)35-36-33-30-21-25(17-16-22(30)18-19-32(33)38-35)24-10-6-11-26(20-24)27-13-7-14-29-28-12-4-5-15-31(28)37-34(27)29/h1-21H. The Morgan fingerprint density at radius 1 is 0.447 bits per heavy atom. The highest BCUT2D eigenvalue weighted by Crippen LogP contribution is 2.41.